The van der Waals surface area contributed by atoms with Crippen LogP contribution in [-0.4, -0.2) is 176 Å². The van der Waals surface area contributed by atoms with Crippen LogP contribution in [0.4, 0.5) is 23.1 Å². The maximum Gasteiger partial charge on any atom is 0.343 e. The van der Waals surface area contributed by atoms with Crippen molar-refractivity contribution < 1.29 is 33.5 Å². The molecule has 6 fully saturated rings. The first kappa shape index (κ1) is 51.3. The van der Waals surface area contributed by atoms with Crippen molar-refractivity contribution in [2.45, 2.75) is 121 Å². The number of esters is 1. The summed E-state index contributed by atoms with van der Waals surface area (Å²) in [6.07, 6.45) is 17.2. The molecule has 20 nitrogen and oxygen atoms in total. The summed E-state index contributed by atoms with van der Waals surface area (Å²) in [5.41, 5.74) is 3.76. The Balaban J connectivity index is 0.589. The lowest BCUT2D eigenvalue weighted by Gasteiger charge is -2.43. The number of aromatic nitrogens is 4. The summed E-state index contributed by atoms with van der Waals surface area (Å²) < 4.78 is 7.00. The quantitative estimate of drug-likeness (QED) is 0.142. The fourth-order valence-electron chi connectivity index (χ4n) is 12.7. The van der Waals surface area contributed by atoms with Crippen LogP contribution in [0.5, 0.6) is 0 Å². The highest BCUT2D eigenvalue weighted by atomic mass is 16.5. The van der Waals surface area contributed by atoms with Crippen molar-refractivity contribution in [2.75, 3.05) is 94.1 Å². The molecule has 7 aliphatic rings. The molecule has 3 N–H and O–H groups in total. The zero-order valence-electron chi connectivity index (χ0n) is 43.3. The normalized spacial score (nSPS) is 25.4. The van der Waals surface area contributed by atoms with Gasteiger partial charge in [-0.15, -0.1) is 0 Å². The van der Waals surface area contributed by atoms with Crippen LogP contribution in [0.25, 0.3) is 0 Å². The molecule has 7 heterocycles. The summed E-state index contributed by atoms with van der Waals surface area (Å²) in [5, 5.41) is 13.3. The SMILES string of the molecule is CCOC(=O)c1cnc(Nc2cnn(C)c2)nc1NC1CCC(N2CCN(C(=O)C3CCC(C(=O)N4CCC(CCCN5CCN(c6ccc7c(c6)CN(C6CCC(=O)NC6=O)C7=O)CC5)CC4)CC3)CC2)CC1. The Morgan fingerprint density at radius 1 is 0.797 bits per heavy atom. The number of fused-ring (bicyclic) bond motifs is 1. The first-order valence-corrected chi connectivity index (χ1v) is 27.6. The van der Waals surface area contributed by atoms with Gasteiger partial charge in [-0.25, -0.2) is 9.78 Å². The largest absolute Gasteiger partial charge is 0.462 e. The molecule has 5 aliphatic heterocycles. The summed E-state index contributed by atoms with van der Waals surface area (Å²) in [7, 11) is 1.84. The van der Waals surface area contributed by atoms with E-state index in [2.05, 4.69) is 61.6 Å². The number of benzene rings is 1. The smallest absolute Gasteiger partial charge is 0.343 e. The van der Waals surface area contributed by atoms with E-state index in [9.17, 15) is 28.8 Å². The van der Waals surface area contributed by atoms with Gasteiger partial charge in [0.1, 0.15) is 17.4 Å². The lowest BCUT2D eigenvalue weighted by Crippen LogP contribution is -2.54. The molecule has 1 atom stereocenters. The number of nitrogens with one attached hydrogen (secondary N) is 3. The number of nitrogens with zero attached hydrogens (tertiary/aromatic N) is 10. The molecule has 10 rings (SSSR count). The first-order valence-electron chi connectivity index (χ1n) is 27.6. The molecule has 2 saturated carbocycles. The van der Waals surface area contributed by atoms with E-state index in [0.29, 0.717) is 53.7 Å². The van der Waals surface area contributed by atoms with Crippen LogP contribution in [-0.2, 0) is 37.5 Å². The molecule has 0 bridgehead atoms. The minimum Gasteiger partial charge on any atom is -0.462 e. The van der Waals surface area contributed by atoms with Gasteiger partial charge in [-0.1, -0.05) is 0 Å². The fourth-order valence-corrected chi connectivity index (χ4v) is 12.7. The minimum absolute atomic E-state index is 0.00751. The van der Waals surface area contributed by atoms with E-state index in [1.165, 1.54) is 12.6 Å². The lowest BCUT2D eigenvalue weighted by molar-refractivity contribution is -0.143. The molecular formula is C54H75N13O7. The molecule has 1 aromatic carbocycles. The molecule has 4 saturated heterocycles. The van der Waals surface area contributed by atoms with E-state index in [0.717, 1.165) is 160 Å². The van der Waals surface area contributed by atoms with E-state index in [4.69, 9.17) is 4.74 Å². The van der Waals surface area contributed by atoms with Gasteiger partial charge < -0.3 is 35.0 Å². The molecule has 2 aliphatic carbocycles. The van der Waals surface area contributed by atoms with Gasteiger partial charge >= 0.3 is 5.97 Å². The van der Waals surface area contributed by atoms with Crippen LogP contribution < -0.4 is 20.9 Å². The number of amides is 5. The number of hydrogen-bond donors (Lipinski definition) is 3. The van der Waals surface area contributed by atoms with Gasteiger partial charge in [-0.3, -0.25) is 43.8 Å². The van der Waals surface area contributed by atoms with Gasteiger partial charge in [0.05, 0.1) is 18.5 Å². The van der Waals surface area contributed by atoms with Gasteiger partial charge in [0.25, 0.3) is 5.91 Å². The first-order chi connectivity index (χ1) is 36.0. The van der Waals surface area contributed by atoms with Gasteiger partial charge in [0.2, 0.25) is 29.6 Å². The van der Waals surface area contributed by atoms with Gasteiger partial charge in [-0.05, 0) is 127 Å². The number of piperazine rings is 2. The van der Waals surface area contributed by atoms with E-state index in [-0.39, 0.29) is 54.5 Å². The van der Waals surface area contributed by atoms with Crippen LogP contribution in [0, 0.1) is 17.8 Å². The second kappa shape index (κ2) is 23.2. The third-order valence-electron chi connectivity index (χ3n) is 17.1. The summed E-state index contributed by atoms with van der Waals surface area (Å²) in [6.45, 7) is 12.2. The maximum absolute atomic E-state index is 13.8. The van der Waals surface area contributed by atoms with E-state index in [1.807, 2.05) is 25.4 Å². The molecule has 398 valence electrons. The number of ether oxygens (including phenoxy) is 1. The number of aryl methyl sites for hydroxylation is 1. The van der Waals surface area contributed by atoms with Gasteiger partial charge in [0.15, 0.2) is 0 Å². The molecular weight excluding hydrogens is 943 g/mol. The maximum atomic E-state index is 13.8. The predicted molar refractivity (Wildman–Crippen MR) is 277 cm³/mol. The average Bonchev–Trinajstić information content (AvgIpc) is 3.99. The molecule has 5 amide bonds. The van der Waals surface area contributed by atoms with Crippen LogP contribution in [0.2, 0.25) is 0 Å². The Morgan fingerprint density at radius 3 is 2.16 bits per heavy atom. The number of hydrogen-bond acceptors (Lipinski definition) is 15. The molecule has 0 spiro atoms. The molecule has 3 aromatic rings. The number of carbonyl (C=O) groups is 6. The minimum atomic E-state index is -0.603. The number of imide groups is 1. The van der Waals surface area contributed by atoms with Crippen LogP contribution in [0.15, 0.2) is 36.8 Å². The number of likely N-dealkylation sites (tertiary alicyclic amines) is 1. The third-order valence-corrected chi connectivity index (χ3v) is 17.1. The van der Waals surface area contributed by atoms with E-state index in [1.54, 1.807) is 22.7 Å². The van der Waals surface area contributed by atoms with Crippen molar-refractivity contribution >= 4 is 58.6 Å². The zero-order valence-corrected chi connectivity index (χ0v) is 43.3. The van der Waals surface area contributed by atoms with E-state index < -0.39 is 12.0 Å². The molecule has 74 heavy (non-hydrogen) atoms. The number of anilines is 4. The standard InChI is InChI=1S/C54H75N13O7/c1-3-74-53(73)45-33-55-54(58-41-32-56-61(2)35-41)60-48(45)57-40-10-12-42(13-11-40)63-27-29-66(30-28-63)51(71)38-8-6-37(7-9-38)50(70)65-21-18-36(19-22-65)5-4-20-62-23-25-64(26-24-62)43-14-15-44-39(31-43)34-67(52(44)72)46-16-17-47(68)59-49(46)69/h14-15,31-33,35-38,40,42,46H,3-13,16-30,34H2,1-2H3,(H,59,68,69)(H2,55,57,58,60). The lowest BCUT2D eigenvalue weighted by atomic mass is 9.80. The Kier molecular flexibility index (Phi) is 16.1. The Bertz CT molecular complexity index is 2520. The van der Waals surface area contributed by atoms with Crippen molar-refractivity contribution in [3.8, 4) is 0 Å². The van der Waals surface area contributed by atoms with Crippen molar-refractivity contribution in [1.82, 2.24) is 49.6 Å². The average molecular weight is 1020 g/mol. The summed E-state index contributed by atoms with van der Waals surface area (Å²) >= 11 is 0. The van der Waals surface area contributed by atoms with Crippen molar-refractivity contribution in [3.05, 3.63) is 53.5 Å². The predicted octanol–water partition coefficient (Wildman–Crippen LogP) is 4.41. The van der Waals surface area contributed by atoms with E-state index >= 15 is 0 Å². The van der Waals surface area contributed by atoms with Gasteiger partial charge in [0, 0.05) is 133 Å². The van der Waals surface area contributed by atoms with Crippen molar-refractivity contribution in [3.63, 3.8) is 0 Å². The second-order valence-electron chi connectivity index (χ2n) is 21.7. The van der Waals surface area contributed by atoms with Crippen molar-refractivity contribution in [1.29, 1.82) is 0 Å². The topological polar surface area (TPSA) is 211 Å². The summed E-state index contributed by atoms with van der Waals surface area (Å²) in [5.74, 6) is 0.828. The zero-order chi connectivity index (χ0) is 51.3. The Hall–Kier alpha value is -6.15. The summed E-state index contributed by atoms with van der Waals surface area (Å²) in [6, 6.07) is 6.02. The molecule has 20 heteroatoms. The highest BCUT2D eigenvalue weighted by Crippen LogP contribution is 2.35. The monoisotopic (exact) mass is 1020 g/mol. The number of carbonyl (C=O) groups excluding carboxylic acids is 6. The molecule has 1 unspecified atom stereocenters. The highest BCUT2D eigenvalue weighted by molar-refractivity contribution is 6.05. The summed E-state index contributed by atoms with van der Waals surface area (Å²) in [4.78, 5) is 100.0. The molecule has 0 radical (unpaired) electrons. The fraction of sp³-hybridized carbons (Fsp3) is 0.648. The van der Waals surface area contributed by atoms with Gasteiger partial charge in [-0.2, -0.15) is 10.1 Å². The Labute approximate surface area is 434 Å². The third kappa shape index (κ3) is 11.9. The highest BCUT2D eigenvalue weighted by Gasteiger charge is 2.40. The Morgan fingerprint density at radius 2 is 1.50 bits per heavy atom. The number of rotatable bonds is 15. The van der Waals surface area contributed by atoms with Crippen LogP contribution >= 0.6 is 0 Å². The van der Waals surface area contributed by atoms with Crippen LogP contribution in [0.1, 0.15) is 123 Å². The molecule has 2 aromatic heterocycles. The van der Waals surface area contributed by atoms with Crippen LogP contribution in [0.3, 0.4) is 0 Å². The van der Waals surface area contributed by atoms with Crippen molar-refractivity contribution in [2.24, 2.45) is 24.8 Å². The number of piperidine rings is 2. The second-order valence-corrected chi connectivity index (χ2v) is 21.7.